The summed E-state index contributed by atoms with van der Waals surface area (Å²) in [4.78, 5) is 23.0. The van der Waals surface area contributed by atoms with Crippen LogP contribution in [0.25, 0.3) is 21.0 Å². The van der Waals surface area contributed by atoms with E-state index in [4.69, 9.17) is 19.5 Å². The number of fused-ring (bicyclic) bond motifs is 3. The highest BCUT2D eigenvalue weighted by Crippen LogP contribution is 2.45. The third kappa shape index (κ3) is 4.51. The van der Waals surface area contributed by atoms with Crippen LogP contribution in [-0.4, -0.2) is 36.1 Å². The maximum absolute atomic E-state index is 12.8. The number of benzene rings is 1. The molecule has 6 nitrogen and oxygen atoms in total. The minimum absolute atomic E-state index is 0.312. The van der Waals surface area contributed by atoms with Crippen molar-refractivity contribution in [3.8, 4) is 0 Å². The van der Waals surface area contributed by atoms with Crippen LogP contribution in [0, 0.1) is 0 Å². The summed E-state index contributed by atoms with van der Waals surface area (Å²) in [5.74, 6) is 0.944. The van der Waals surface area contributed by atoms with Gasteiger partial charge in [0.2, 0.25) is 0 Å². The second-order valence-electron chi connectivity index (χ2n) is 7.73. The Morgan fingerprint density at radius 3 is 2.65 bits per heavy atom. The number of hydrogen-bond acceptors (Lipinski definition) is 7. The van der Waals surface area contributed by atoms with Crippen LogP contribution in [0.5, 0.6) is 0 Å². The van der Waals surface area contributed by atoms with E-state index in [1.807, 2.05) is 45.0 Å². The number of aromatic nitrogens is 1. The van der Waals surface area contributed by atoms with Crippen LogP contribution in [0.4, 0.5) is 11.5 Å². The van der Waals surface area contributed by atoms with Crippen LogP contribution >= 0.6 is 11.3 Å². The fourth-order valence-electron chi connectivity index (χ4n) is 4.16. The zero-order valence-corrected chi connectivity index (χ0v) is 19.2. The topological polar surface area (TPSA) is 72.8 Å². The highest BCUT2D eigenvalue weighted by atomic mass is 32.1. The first kappa shape index (κ1) is 21.6. The summed E-state index contributed by atoms with van der Waals surface area (Å²) >= 11 is 1.42. The number of para-hydroxylation sites is 1. The van der Waals surface area contributed by atoms with Gasteiger partial charge in [0.1, 0.15) is 16.4 Å². The van der Waals surface area contributed by atoms with Crippen molar-refractivity contribution < 1.29 is 14.3 Å². The molecule has 0 radical (unpaired) electrons. The molecule has 2 heterocycles. The number of nitrogens with one attached hydrogen (secondary N) is 1. The predicted octanol–water partition coefficient (Wildman–Crippen LogP) is 6.46. The fraction of sp³-hybridized carbons (Fsp3) is 0.458. The number of ether oxygens (including phenoxy) is 2. The third-order valence-electron chi connectivity index (χ3n) is 5.53. The normalized spacial score (nSPS) is 15.4. The molecule has 1 fully saturated rings. The number of rotatable bonds is 6. The fourth-order valence-corrected chi connectivity index (χ4v) is 5.33. The number of thiophene rings is 1. The lowest BCUT2D eigenvalue weighted by atomic mass is 9.95. The van der Waals surface area contributed by atoms with Crippen LogP contribution in [0.3, 0.4) is 0 Å². The summed E-state index contributed by atoms with van der Waals surface area (Å²) in [5.41, 5.74) is 1.49. The standard InChI is InChI=1S/C24H29N3O3S/c1-4-29-15(3)25-20-19-21(31-22(20)24(28)30-5-2)17-13-9-10-14-18(17)27-23(19)26-16-11-7-6-8-12-16/h9-10,13-14,16H,4-8,11-12H2,1-3H3,(H,26,27). The number of aliphatic imine (C=N–C) groups is 1. The van der Waals surface area contributed by atoms with Crippen LogP contribution in [0.15, 0.2) is 29.3 Å². The Morgan fingerprint density at radius 1 is 1.16 bits per heavy atom. The number of carbonyl (C=O) groups excluding carboxylic acids is 1. The Morgan fingerprint density at radius 2 is 1.90 bits per heavy atom. The molecule has 31 heavy (non-hydrogen) atoms. The molecule has 164 valence electrons. The molecule has 2 aromatic heterocycles. The Bertz CT molecular complexity index is 1120. The molecule has 0 saturated heterocycles. The van der Waals surface area contributed by atoms with E-state index in [2.05, 4.69) is 5.32 Å². The number of carbonyl (C=O) groups is 1. The van der Waals surface area contributed by atoms with Crippen molar-refractivity contribution in [1.29, 1.82) is 0 Å². The number of esters is 1. The molecule has 1 aromatic carbocycles. The van der Waals surface area contributed by atoms with Gasteiger partial charge in [-0.1, -0.05) is 37.5 Å². The zero-order chi connectivity index (χ0) is 21.8. The van der Waals surface area contributed by atoms with Gasteiger partial charge in [-0.2, -0.15) is 0 Å². The minimum Gasteiger partial charge on any atom is -0.481 e. The lowest BCUT2D eigenvalue weighted by Crippen LogP contribution is -2.22. The van der Waals surface area contributed by atoms with Gasteiger partial charge < -0.3 is 14.8 Å². The molecular weight excluding hydrogens is 410 g/mol. The smallest absolute Gasteiger partial charge is 0.350 e. The molecule has 7 heteroatoms. The van der Waals surface area contributed by atoms with Crippen LogP contribution < -0.4 is 5.32 Å². The van der Waals surface area contributed by atoms with E-state index in [0.29, 0.717) is 35.7 Å². The third-order valence-corrected chi connectivity index (χ3v) is 6.72. The first-order valence-electron chi connectivity index (χ1n) is 11.1. The summed E-state index contributed by atoms with van der Waals surface area (Å²) in [7, 11) is 0. The first-order valence-corrected chi connectivity index (χ1v) is 11.9. The van der Waals surface area contributed by atoms with Gasteiger partial charge in [-0.25, -0.2) is 14.8 Å². The van der Waals surface area contributed by atoms with Gasteiger partial charge in [0, 0.05) is 18.4 Å². The van der Waals surface area contributed by atoms with E-state index in [0.717, 1.165) is 39.6 Å². The molecule has 1 N–H and O–H groups in total. The van der Waals surface area contributed by atoms with Crippen LogP contribution in [0.2, 0.25) is 0 Å². The lowest BCUT2D eigenvalue weighted by Gasteiger charge is -2.24. The summed E-state index contributed by atoms with van der Waals surface area (Å²) < 4.78 is 12.0. The molecular formula is C24H29N3O3S. The molecule has 1 aliphatic carbocycles. The molecule has 0 bridgehead atoms. The van der Waals surface area contributed by atoms with Crippen LogP contribution in [-0.2, 0) is 9.47 Å². The zero-order valence-electron chi connectivity index (χ0n) is 18.4. The Hall–Kier alpha value is -2.67. The molecule has 1 aliphatic rings. The predicted molar refractivity (Wildman–Crippen MR) is 128 cm³/mol. The minimum atomic E-state index is -0.362. The molecule has 0 unspecified atom stereocenters. The van der Waals surface area contributed by atoms with Gasteiger partial charge in [0.25, 0.3) is 0 Å². The number of hydrogen-bond donors (Lipinski definition) is 1. The summed E-state index contributed by atoms with van der Waals surface area (Å²) in [6, 6.07) is 8.42. The van der Waals surface area contributed by atoms with E-state index >= 15 is 0 Å². The number of nitrogens with zero attached hydrogens (tertiary/aromatic N) is 2. The average molecular weight is 440 g/mol. The molecule has 1 saturated carbocycles. The van der Waals surface area contributed by atoms with E-state index in [9.17, 15) is 4.79 Å². The van der Waals surface area contributed by atoms with E-state index in [-0.39, 0.29) is 5.97 Å². The maximum Gasteiger partial charge on any atom is 0.350 e. The molecule has 4 rings (SSSR count). The highest BCUT2D eigenvalue weighted by Gasteiger charge is 2.26. The van der Waals surface area contributed by atoms with Crippen molar-refractivity contribution in [3.05, 3.63) is 29.1 Å². The van der Waals surface area contributed by atoms with E-state index < -0.39 is 0 Å². The Labute approximate surface area is 186 Å². The Balaban J connectivity index is 1.97. The number of anilines is 1. The number of pyridine rings is 1. The largest absolute Gasteiger partial charge is 0.481 e. The Kier molecular flexibility index (Phi) is 6.70. The molecule has 0 atom stereocenters. The quantitative estimate of drug-likeness (QED) is 0.271. The van der Waals surface area contributed by atoms with Crippen LogP contribution in [0.1, 0.15) is 62.5 Å². The summed E-state index contributed by atoms with van der Waals surface area (Å²) in [6.07, 6.45) is 5.98. The van der Waals surface area contributed by atoms with Gasteiger partial charge in [-0.3, -0.25) is 0 Å². The molecule has 0 aliphatic heterocycles. The first-order chi connectivity index (χ1) is 15.1. The van der Waals surface area contributed by atoms with Gasteiger partial charge in [-0.15, -0.1) is 11.3 Å². The average Bonchev–Trinajstić information content (AvgIpc) is 3.15. The monoisotopic (exact) mass is 439 g/mol. The molecule has 3 aromatic rings. The van der Waals surface area contributed by atoms with Gasteiger partial charge in [-0.05, 0) is 32.8 Å². The van der Waals surface area contributed by atoms with Crippen molar-refractivity contribution >= 4 is 55.7 Å². The van der Waals surface area contributed by atoms with Crippen molar-refractivity contribution in [2.45, 2.75) is 58.9 Å². The second kappa shape index (κ2) is 9.64. The van der Waals surface area contributed by atoms with Crippen molar-refractivity contribution in [3.63, 3.8) is 0 Å². The van der Waals surface area contributed by atoms with Gasteiger partial charge in [0.05, 0.1) is 28.8 Å². The van der Waals surface area contributed by atoms with Crippen molar-refractivity contribution in [1.82, 2.24) is 4.98 Å². The SMILES string of the molecule is CCOC(=O)c1sc2c(c(NC3CCCCC3)nc3ccccc32)c1N=C(C)OCC. The lowest BCUT2D eigenvalue weighted by molar-refractivity contribution is 0.0533. The second-order valence-corrected chi connectivity index (χ2v) is 8.75. The highest BCUT2D eigenvalue weighted by molar-refractivity contribution is 7.22. The summed E-state index contributed by atoms with van der Waals surface area (Å²) in [6.45, 7) is 6.37. The van der Waals surface area contributed by atoms with Gasteiger partial charge >= 0.3 is 5.97 Å². The summed E-state index contributed by atoms with van der Waals surface area (Å²) in [5, 5.41) is 5.56. The van der Waals surface area contributed by atoms with Crippen molar-refractivity contribution in [2.75, 3.05) is 18.5 Å². The van der Waals surface area contributed by atoms with Gasteiger partial charge in [0.15, 0.2) is 5.90 Å². The molecule has 0 spiro atoms. The molecule has 0 amide bonds. The van der Waals surface area contributed by atoms with Crippen molar-refractivity contribution in [2.24, 2.45) is 4.99 Å². The van der Waals surface area contributed by atoms with E-state index in [1.54, 1.807) is 0 Å². The van der Waals surface area contributed by atoms with E-state index in [1.165, 1.54) is 30.6 Å². The maximum atomic E-state index is 12.8.